The Kier molecular flexibility index (Phi) is 11.8. The lowest BCUT2D eigenvalue weighted by molar-refractivity contribution is -0.141. The van der Waals surface area contributed by atoms with Crippen LogP contribution in [-0.4, -0.2) is 63.9 Å². The molecule has 0 bridgehead atoms. The van der Waals surface area contributed by atoms with Crippen LogP contribution in [0.3, 0.4) is 0 Å². The number of rotatable bonds is 13. The highest BCUT2D eigenvalue weighted by Crippen LogP contribution is 2.11. The van der Waals surface area contributed by atoms with Gasteiger partial charge < -0.3 is 36.6 Å². The van der Waals surface area contributed by atoms with Crippen LogP contribution in [0.15, 0.2) is 24.3 Å². The van der Waals surface area contributed by atoms with Gasteiger partial charge in [-0.05, 0) is 72.5 Å². The smallest absolute Gasteiger partial charge is 0.326 e. The van der Waals surface area contributed by atoms with Crippen LogP contribution in [0, 0.1) is 3.57 Å². The Balaban J connectivity index is 2.34. The third-order valence-corrected chi connectivity index (χ3v) is 4.88. The first-order valence-electron chi connectivity index (χ1n) is 9.63. The van der Waals surface area contributed by atoms with Crippen molar-refractivity contribution in [1.29, 1.82) is 0 Å². The van der Waals surface area contributed by atoms with E-state index in [1.807, 2.05) is 0 Å². The Morgan fingerprint density at radius 1 is 0.812 bits per heavy atom. The molecule has 7 N–H and O–H groups in total. The average Bonchev–Trinajstić information content (AvgIpc) is 2.71. The van der Waals surface area contributed by atoms with Gasteiger partial charge in [0.1, 0.15) is 12.1 Å². The number of nitrogens with one attached hydrogen (secondary N) is 4. The minimum Gasteiger partial charge on any atom is -0.481 e. The van der Waals surface area contributed by atoms with Crippen molar-refractivity contribution in [2.45, 2.75) is 44.2 Å². The molecule has 32 heavy (non-hydrogen) atoms. The van der Waals surface area contributed by atoms with Crippen molar-refractivity contribution in [2.24, 2.45) is 0 Å². The summed E-state index contributed by atoms with van der Waals surface area (Å²) in [5, 5.41) is 36.4. The summed E-state index contributed by atoms with van der Waals surface area (Å²) in [5.41, 5.74) is 0.519. The number of hydrogen-bond donors (Lipinski definition) is 7. The highest BCUT2D eigenvalue weighted by atomic mass is 127. The van der Waals surface area contributed by atoms with Gasteiger partial charge in [0.05, 0.1) is 0 Å². The van der Waals surface area contributed by atoms with Gasteiger partial charge in [-0.2, -0.15) is 0 Å². The molecule has 13 heteroatoms. The Labute approximate surface area is 197 Å². The molecule has 12 nitrogen and oxygen atoms in total. The number of halogens is 1. The fraction of sp³-hybridized carbons (Fsp3) is 0.421. The summed E-state index contributed by atoms with van der Waals surface area (Å²) < 4.78 is 0.984. The minimum atomic E-state index is -1.35. The van der Waals surface area contributed by atoms with Gasteiger partial charge in [0.15, 0.2) is 0 Å². The van der Waals surface area contributed by atoms with Gasteiger partial charge in [0.25, 0.3) is 0 Å². The normalized spacial score (nSPS) is 12.2. The lowest BCUT2D eigenvalue weighted by Gasteiger charge is -2.16. The predicted octanol–water partition coefficient (Wildman–Crippen LogP) is 1.65. The van der Waals surface area contributed by atoms with Crippen LogP contribution in [-0.2, 0) is 14.4 Å². The number of benzene rings is 1. The van der Waals surface area contributed by atoms with Crippen molar-refractivity contribution in [1.82, 2.24) is 16.0 Å². The van der Waals surface area contributed by atoms with E-state index in [1.165, 1.54) is 0 Å². The van der Waals surface area contributed by atoms with Crippen LogP contribution >= 0.6 is 22.6 Å². The van der Waals surface area contributed by atoms with Gasteiger partial charge in [-0.1, -0.05) is 0 Å². The molecule has 0 saturated carbocycles. The highest BCUT2D eigenvalue weighted by Gasteiger charge is 2.21. The van der Waals surface area contributed by atoms with Crippen LogP contribution in [0.25, 0.3) is 0 Å². The van der Waals surface area contributed by atoms with E-state index in [4.69, 9.17) is 10.2 Å². The summed E-state index contributed by atoms with van der Waals surface area (Å²) in [6, 6.07) is 3.06. The fourth-order valence-electron chi connectivity index (χ4n) is 2.53. The first-order chi connectivity index (χ1) is 15.1. The Bertz CT molecular complexity index is 818. The SMILES string of the molecule is O=C(O)CC[C@H](NC(=O)NCCCC[C@H](NC(=O)Nc1ccc(I)cc1)C(=O)O)C(=O)O. The van der Waals surface area contributed by atoms with Crippen molar-refractivity contribution >= 4 is 58.2 Å². The number of carboxylic acids is 3. The molecule has 0 aromatic heterocycles. The molecule has 0 unspecified atom stereocenters. The molecule has 0 heterocycles. The second-order valence-corrected chi connectivity index (χ2v) is 7.96. The third kappa shape index (κ3) is 11.3. The van der Waals surface area contributed by atoms with Crippen LogP contribution in [0.4, 0.5) is 15.3 Å². The van der Waals surface area contributed by atoms with Crippen LogP contribution in [0.1, 0.15) is 32.1 Å². The molecule has 4 amide bonds. The van der Waals surface area contributed by atoms with Crippen molar-refractivity contribution in [2.75, 3.05) is 11.9 Å². The molecule has 0 spiro atoms. The number of aliphatic carboxylic acids is 3. The summed E-state index contributed by atoms with van der Waals surface area (Å²) in [4.78, 5) is 56.7. The highest BCUT2D eigenvalue weighted by molar-refractivity contribution is 14.1. The largest absolute Gasteiger partial charge is 0.481 e. The molecule has 2 atom stereocenters. The zero-order chi connectivity index (χ0) is 24.1. The molecule has 0 aliphatic heterocycles. The Morgan fingerprint density at radius 2 is 1.38 bits per heavy atom. The van der Waals surface area contributed by atoms with E-state index in [1.54, 1.807) is 24.3 Å². The second kappa shape index (κ2) is 14.1. The molecular formula is C19H25IN4O8. The lowest BCUT2D eigenvalue weighted by atomic mass is 10.1. The molecule has 0 saturated heterocycles. The molecule has 1 aromatic rings. The van der Waals surface area contributed by atoms with Gasteiger partial charge in [-0.25, -0.2) is 19.2 Å². The van der Waals surface area contributed by atoms with E-state index >= 15 is 0 Å². The average molecular weight is 564 g/mol. The molecular weight excluding hydrogens is 539 g/mol. The maximum absolute atomic E-state index is 12.0. The van der Waals surface area contributed by atoms with Gasteiger partial charge in [0, 0.05) is 22.2 Å². The Morgan fingerprint density at radius 3 is 1.94 bits per heavy atom. The summed E-state index contributed by atoms with van der Waals surface area (Å²) in [6.45, 7) is 0.137. The van der Waals surface area contributed by atoms with E-state index in [-0.39, 0.29) is 19.4 Å². The number of hydrogen-bond acceptors (Lipinski definition) is 5. The quantitative estimate of drug-likeness (QED) is 0.139. The third-order valence-electron chi connectivity index (χ3n) is 4.16. The number of carbonyl (C=O) groups is 5. The summed E-state index contributed by atoms with van der Waals surface area (Å²) in [7, 11) is 0. The molecule has 0 aliphatic rings. The van der Waals surface area contributed by atoms with Crippen molar-refractivity contribution < 1.29 is 39.3 Å². The van der Waals surface area contributed by atoms with E-state index in [0.717, 1.165) is 3.57 Å². The maximum Gasteiger partial charge on any atom is 0.326 e. The van der Waals surface area contributed by atoms with Gasteiger partial charge >= 0.3 is 30.0 Å². The van der Waals surface area contributed by atoms with Crippen LogP contribution < -0.4 is 21.3 Å². The second-order valence-electron chi connectivity index (χ2n) is 6.72. The zero-order valence-electron chi connectivity index (χ0n) is 17.0. The first kappa shape index (κ1) is 26.9. The first-order valence-corrected chi connectivity index (χ1v) is 10.7. The van der Waals surface area contributed by atoms with Crippen molar-refractivity contribution in [3.05, 3.63) is 27.8 Å². The van der Waals surface area contributed by atoms with Crippen molar-refractivity contribution in [3.8, 4) is 0 Å². The molecule has 1 rings (SSSR count). The van der Waals surface area contributed by atoms with E-state index in [2.05, 4.69) is 43.9 Å². The van der Waals surface area contributed by atoms with E-state index in [0.29, 0.717) is 18.5 Å². The fourth-order valence-corrected chi connectivity index (χ4v) is 2.89. The molecule has 0 radical (unpaired) electrons. The zero-order valence-corrected chi connectivity index (χ0v) is 19.1. The van der Waals surface area contributed by atoms with E-state index < -0.39 is 48.5 Å². The summed E-state index contributed by atoms with van der Waals surface area (Å²) in [6.07, 6.45) is 0.203. The van der Waals surface area contributed by atoms with Gasteiger partial charge in [-0.15, -0.1) is 0 Å². The van der Waals surface area contributed by atoms with Crippen LogP contribution in [0.5, 0.6) is 0 Å². The molecule has 1 aromatic carbocycles. The summed E-state index contributed by atoms with van der Waals surface area (Å²) in [5.74, 6) is -3.72. The topological polar surface area (TPSA) is 194 Å². The van der Waals surface area contributed by atoms with Gasteiger partial charge in [0.2, 0.25) is 0 Å². The monoisotopic (exact) mass is 564 g/mol. The number of carboxylic acid groups (broad SMARTS) is 3. The molecule has 176 valence electrons. The minimum absolute atomic E-state index is 0.120. The predicted molar refractivity (Wildman–Crippen MR) is 121 cm³/mol. The number of amides is 4. The van der Waals surface area contributed by atoms with E-state index in [9.17, 15) is 29.1 Å². The molecule has 0 fully saturated rings. The Hall–Kier alpha value is -3.10. The lowest BCUT2D eigenvalue weighted by Crippen LogP contribution is -2.46. The van der Waals surface area contributed by atoms with Crippen molar-refractivity contribution in [3.63, 3.8) is 0 Å². The summed E-state index contributed by atoms with van der Waals surface area (Å²) >= 11 is 2.12. The van der Waals surface area contributed by atoms with Crippen LogP contribution in [0.2, 0.25) is 0 Å². The standard InChI is InChI=1S/C19H25IN4O8/c20-11-4-6-12(7-5-11)22-19(32)24-13(16(27)28)3-1-2-10-21-18(31)23-14(17(29)30)8-9-15(25)26/h4-7,13-14H,1-3,8-10H2,(H,25,26)(H,27,28)(H,29,30)(H2,21,23,31)(H2,22,24,32)/t13-,14-/m0/s1. The number of anilines is 1. The number of urea groups is 2. The maximum atomic E-state index is 12.0. The number of carbonyl (C=O) groups excluding carboxylic acids is 2. The number of unbranched alkanes of at least 4 members (excludes halogenated alkanes) is 1. The molecule has 0 aliphatic carbocycles. The van der Waals surface area contributed by atoms with Gasteiger partial charge in [-0.3, -0.25) is 4.79 Å².